The maximum atomic E-state index is 10.9. The Balaban J connectivity index is 0. The Morgan fingerprint density at radius 1 is 0.731 bits per heavy atom. The normalized spacial score (nSPS) is 32.7. The van der Waals surface area contributed by atoms with Crippen LogP contribution in [0.2, 0.25) is 0 Å². The largest absolute Gasteiger partial charge is 2.00 e. The third kappa shape index (κ3) is 5.63. The van der Waals surface area contributed by atoms with E-state index in [1.165, 1.54) is 26.0 Å². The van der Waals surface area contributed by atoms with E-state index in [0.717, 1.165) is 0 Å². The van der Waals surface area contributed by atoms with Gasteiger partial charge in [-0.3, -0.25) is 0 Å². The molecule has 0 spiro atoms. The van der Waals surface area contributed by atoms with Crippen LogP contribution in [0.25, 0.3) is 0 Å². The van der Waals surface area contributed by atoms with Crippen LogP contribution in [-0.2, 0) is 37.3 Å². The van der Waals surface area contributed by atoms with Gasteiger partial charge in [-0.05, 0) is 25.7 Å². The first kappa shape index (κ1) is 27.5. The van der Waals surface area contributed by atoms with Crippen molar-refractivity contribution in [2.24, 2.45) is 11.8 Å². The van der Waals surface area contributed by atoms with Crippen molar-refractivity contribution < 1.29 is 48.5 Å². The summed E-state index contributed by atoms with van der Waals surface area (Å²) in [7, 11) is -8.53. The Morgan fingerprint density at radius 2 is 1.00 bits per heavy atom. The molecule has 0 aromatic heterocycles. The summed E-state index contributed by atoms with van der Waals surface area (Å²) in [5, 5.41) is 0. The summed E-state index contributed by atoms with van der Waals surface area (Å²) in [5.41, 5.74) is 0. The maximum absolute atomic E-state index is 10.9. The smallest absolute Gasteiger partial charge is 0.747 e. The average molecular weight is 448 g/mol. The predicted molar refractivity (Wildman–Crippen MR) is 94.7 cm³/mol. The van der Waals surface area contributed by atoms with E-state index < -0.39 is 29.7 Å². The van der Waals surface area contributed by atoms with Crippen LogP contribution in [0.3, 0.4) is 0 Å². The zero-order valence-corrected chi connectivity index (χ0v) is 17.6. The molecule has 0 aromatic rings. The Kier molecular flexibility index (Phi) is 9.99. The molecule has 0 radical (unpaired) electrons. The molecule has 0 heterocycles. The van der Waals surface area contributed by atoms with E-state index in [2.05, 4.69) is 0 Å². The summed E-state index contributed by atoms with van der Waals surface area (Å²) in [4.78, 5) is 0. The molecule has 0 saturated heterocycles. The van der Waals surface area contributed by atoms with Crippen LogP contribution < -0.4 is 0 Å². The Morgan fingerprint density at radius 3 is 1.15 bits per heavy atom. The zero-order valence-electron chi connectivity index (χ0n) is 14.9. The molecule has 26 heavy (non-hydrogen) atoms. The fourth-order valence-corrected chi connectivity index (χ4v) is 3.82. The van der Waals surface area contributed by atoms with Crippen molar-refractivity contribution in [3.8, 4) is 0 Å². The first-order valence-electron chi connectivity index (χ1n) is 7.38. The van der Waals surface area contributed by atoms with Gasteiger partial charge in [0.15, 0.2) is 0 Å². The quantitative estimate of drug-likeness (QED) is 0.459. The van der Waals surface area contributed by atoms with Crippen LogP contribution in [-0.4, -0.2) is 40.9 Å². The first-order chi connectivity index (χ1) is 10.8. The molecular formula is C16H24FeO7S2. The van der Waals surface area contributed by atoms with Crippen LogP contribution in [0, 0.1) is 11.8 Å². The standard InChI is InChI=1S/2C8H12O3S.Fe.H2O/c2*1-7-5-3-4-6-8(7,2)12(9,10)11;;/h2*3-7H,1-2H3,(H,9,10,11);;1H2/q;;+2;/p-2. The molecule has 2 aliphatic rings. The minimum atomic E-state index is -4.26. The Labute approximate surface area is 166 Å². The minimum Gasteiger partial charge on any atom is -0.747 e. The van der Waals surface area contributed by atoms with Crippen molar-refractivity contribution in [3.63, 3.8) is 0 Å². The van der Waals surface area contributed by atoms with Gasteiger partial charge in [-0.15, -0.1) is 0 Å². The van der Waals surface area contributed by atoms with Crippen LogP contribution in [0.4, 0.5) is 0 Å². The minimum absolute atomic E-state index is 0. The number of hydrogen-bond acceptors (Lipinski definition) is 6. The molecule has 0 fully saturated rings. The van der Waals surface area contributed by atoms with Gasteiger partial charge in [0.2, 0.25) is 0 Å². The van der Waals surface area contributed by atoms with Gasteiger partial charge < -0.3 is 14.6 Å². The van der Waals surface area contributed by atoms with Gasteiger partial charge in [0, 0.05) is 0 Å². The summed E-state index contributed by atoms with van der Waals surface area (Å²) in [6.07, 6.45) is 13.0. The van der Waals surface area contributed by atoms with Crippen molar-refractivity contribution in [2.45, 2.75) is 37.2 Å². The van der Waals surface area contributed by atoms with E-state index in [0.29, 0.717) is 0 Å². The molecule has 7 nitrogen and oxygen atoms in total. The Hall–Kier alpha value is -0.741. The fraction of sp³-hybridized carbons (Fsp3) is 0.500. The first-order valence-corrected chi connectivity index (χ1v) is 10.2. The van der Waals surface area contributed by atoms with Crippen molar-refractivity contribution in [1.82, 2.24) is 0 Å². The van der Waals surface area contributed by atoms with E-state index in [-0.39, 0.29) is 34.4 Å². The van der Waals surface area contributed by atoms with E-state index >= 15 is 0 Å². The molecule has 0 saturated carbocycles. The third-order valence-electron chi connectivity index (χ3n) is 4.76. The maximum Gasteiger partial charge on any atom is 2.00 e. The van der Waals surface area contributed by atoms with Gasteiger partial charge in [0.25, 0.3) is 0 Å². The van der Waals surface area contributed by atoms with E-state index in [1.807, 2.05) is 0 Å². The molecule has 10 heteroatoms. The number of allylic oxidation sites excluding steroid dienone is 6. The van der Waals surface area contributed by atoms with Crippen LogP contribution in [0.5, 0.6) is 0 Å². The summed E-state index contributed by atoms with van der Waals surface area (Å²) < 4.78 is 62.7. The third-order valence-corrected chi connectivity index (χ3v) is 7.93. The van der Waals surface area contributed by atoms with Crippen molar-refractivity contribution >= 4 is 20.2 Å². The molecule has 0 amide bonds. The molecule has 0 aliphatic heterocycles. The Bertz CT molecular complexity index is 728. The van der Waals surface area contributed by atoms with Crippen molar-refractivity contribution in [2.75, 3.05) is 0 Å². The summed E-state index contributed by atoms with van der Waals surface area (Å²) in [6.45, 7) is 6.32. The fourth-order valence-electron chi connectivity index (χ4n) is 2.26. The summed E-state index contributed by atoms with van der Waals surface area (Å²) in [6, 6.07) is 0. The van der Waals surface area contributed by atoms with E-state index in [4.69, 9.17) is 0 Å². The van der Waals surface area contributed by atoms with Crippen molar-refractivity contribution in [1.29, 1.82) is 0 Å². The van der Waals surface area contributed by atoms with Gasteiger partial charge in [-0.2, -0.15) is 0 Å². The van der Waals surface area contributed by atoms with Crippen LogP contribution >= 0.6 is 0 Å². The SMILES string of the molecule is CC1C=CC=CC1(C)S(=O)(=O)[O-].CC1C=CC=CC1(C)S(=O)(=O)[O-].O.[Fe+2]. The molecule has 2 N–H and O–H groups in total. The van der Waals surface area contributed by atoms with Gasteiger partial charge in [0.05, 0.1) is 9.49 Å². The topological polar surface area (TPSA) is 146 Å². The van der Waals surface area contributed by atoms with Crippen LogP contribution in [0.15, 0.2) is 48.6 Å². The van der Waals surface area contributed by atoms with Gasteiger partial charge in [-0.1, -0.05) is 62.5 Å². The number of hydrogen-bond donors (Lipinski definition) is 0. The summed E-state index contributed by atoms with van der Waals surface area (Å²) in [5.74, 6) is -0.519. The molecule has 150 valence electrons. The molecule has 0 bridgehead atoms. The summed E-state index contributed by atoms with van der Waals surface area (Å²) >= 11 is 0. The second-order valence-electron chi connectivity index (χ2n) is 6.34. The van der Waals surface area contributed by atoms with Gasteiger partial charge >= 0.3 is 17.1 Å². The molecule has 2 aliphatic carbocycles. The average Bonchev–Trinajstić information content (AvgIpc) is 2.44. The van der Waals surface area contributed by atoms with E-state index in [9.17, 15) is 25.9 Å². The monoisotopic (exact) mass is 448 g/mol. The molecule has 4 unspecified atom stereocenters. The molecule has 2 rings (SSSR count). The number of rotatable bonds is 2. The van der Waals surface area contributed by atoms with Crippen molar-refractivity contribution in [3.05, 3.63) is 48.6 Å². The second-order valence-corrected chi connectivity index (χ2v) is 9.92. The van der Waals surface area contributed by atoms with E-state index in [1.54, 1.807) is 50.3 Å². The van der Waals surface area contributed by atoms with Crippen LogP contribution in [0.1, 0.15) is 27.7 Å². The molecule has 4 atom stereocenters. The second kappa shape index (κ2) is 9.45. The molecular weight excluding hydrogens is 424 g/mol. The van der Waals surface area contributed by atoms with Gasteiger partial charge in [-0.25, -0.2) is 16.8 Å². The molecule has 0 aromatic carbocycles. The van der Waals surface area contributed by atoms with Gasteiger partial charge in [0.1, 0.15) is 20.2 Å². The zero-order chi connectivity index (χ0) is 18.8. The predicted octanol–water partition coefficient (Wildman–Crippen LogP) is 1.28.